The van der Waals surface area contributed by atoms with Gasteiger partial charge >= 0.3 is 0 Å². The lowest BCUT2D eigenvalue weighted by molar-refractivity contribution is 0.373. The number of aromatic nitrogens is 1. The Hall–Kier alpha value is -2.12. The molecule has 1 aliphatic rings. The number of ether oxygens (including phenoxy) is 1. The second kappa shape index (κ2) is 6.78. The number of benzene rings is 1. The van der Waals surface area contributed by atoms with E-state index < -0.39 is 10.0 Å². The summed E-state index contributed by atoms with van der Waals surface area (Å²) in [6, 6.07) is 10.7. The minimum atomic E-state index is -3.56. The van der Waals surface area contributed by atoms with E-state index in [1.807, 2.05) is 19.1 Å². The summed E-state index contributed by atoms with van der Waals surface area (Å²) >= 11 is 0. The summed E-state index contributed by atoms with van der Waals surface area (Å²) in [6.45, 7) is 4.11. The Kier molecular flexibility index (Phi) is 4.73. The van der Waals surface area contributed by atoms with Gasteiger partial charge in [0.1, 0.15) is 16.5 Å². The van der Waals surface area contributed by atoms with Crippen LogP contribution in [0, 0.1) is 6.92 Å². The second-order valence-electron chi connectivity index (χ2n) is 5.73. The maximum Gasteiger partial charge on any atom is 0.246 e. The molecular formula is C17H21N3O3S. The zero-order valence-electron chi connectivity index (χ0n) is 13.8. The first-order valence-corrected chi connectivity index (χ1v) is 9.27. The number of rotatable bonds is 4. The van der Waals surface area contributed by atoms with Crippen molar-refractivity contribution in [3.63, 3.8) is 0 Å². The Labute approximate surface area is 142 Å². The molecule has 3 rings (SSSR count). The Balaban J connectivity index is 1.76. The van der Waals surface area contributed by atoms with Gasteiger partial charge in [0.25, 0.3) is 0 Å². The van der Waals surface area contributed by atoms with Gasteiger partial charge in [-0.05, 0) is 36.8 Å². The predicted octanol–water partition coefficient (Wildman–Crippen LogP) is 1.91. The van der Waals surface area contributed by atoms with Gasteiger partial charge in [-0.15, -0.1) is 0 Å². The molecule has 1 fully saturated rings. The molecule has 1 aromatic heterocycles. The summed E-state index contributed by atoms with van der Waals surface area (Å²) in [4.78, 5) is 6.70. The summed E-state index contributed by atoms with van der Waals surface area (Å²) in [5.41, 5.74) is 1.14. The fraction of sp³-hybridized carbons (Fsp3) is 0.353. The van der Waals surface area contributed by atoms with Gasteiger partial charge in [0.2, 0.25) is 10.0 Å². The summed E-state index contributed by atoms with van der Waals surface area (Å²) in [6.07, 6.45) is 1.78. The maximum atomic E-state index is 12.9. The number of hydrogen-bond donors (Lipinski definition) is 0. The Morgan fingerprint density at radius 1 is 1.08 bits per heavy atom. The van der Waals surface area contributed by atoms with Crippen LogP contribution < -0.4 is 9.64 Å². The van der Waals surface area contributed by atoms with E-state index >= 15 is 0 Å². The van der Waals surface area contributed by atoms with Gasteiger partial charge in [-0.1, -0.05) is 12.1 Å². The highest BCUT2D eigenvalue weighted by Crippen LogP contribution is 2.27. The van der Waals surface area contributed by atoms with Gasteiger partial charge in [-0.2, -0.15) is 4.31 Å². The van der Waals surface area contributed by atoms with Crippen molar-refractivity contribution in [3.05, 3.63) is 48.2 Å². The van der Waals surface area contributed by atoms with Crippen molar-refractivity contribution in [2.45, 2.75) is 11.8 Å². The molecule has 1 aromatic carbocycles. The van der Waals surface area contributed by atoms with Crippen LogP contribution in [0.1, 0.15) is 5.56 Å². The monoisotopic (exact) mass is 347 g/mol. The molecule has 1 aliphatic heterocycles. The number of aryl methyl sites for hydroxylation is 1. The molecule has 0 radical (unpaired) electrons. The van der Waals surface area contributed by atoms with Gasteiger partial charge in [0.05, 0.1) is 7.11 Å². The van der Waals surface area contributed by atoms with E-state index in [1.165, 1.54) is 11.4 Å². The minimum Gasteiger partial charge on any atom is -0.495 e. The highest BCUT2D eigenvalue weighted by atomic mass is 32.2. The molecule has 0 saturated carbocycles. The van der Waals surface area contributed by atoms with E-state index in [1.54, 1.807) is 30.5 Å². The van der Waals surface area contributed by atoms with Crippen molar-refractivity contribution in [1.82, 2.24) is 9.29 Å². The molecule has 6 nitrogen and oxygen atoms in total. The number of piperazine rings is 1. The SMILES string of the molecule is COc1ccccc1S(=O)(=O)N1CCN(c2cc(C)ccn2)CC1. The zero-order chi connectivity index (χ0) is 17.2. The smallest absolute Gasteiger partial charge is 0.246 e. The molecular weight excluding hydrogens is 326 g/mol. The summed E-state index contributed by atoms with van der Waals surface area (Å²) in [5.74, 6) is 1.27. The van der Waals surface area contributed by atoms with Crippen molar-refractivity contribution >= 4 is 15.8 Å². The molecule has 0 aliphatic carbocycles. The number of para-hydroxylation sites is 1. The first-order chi connectivity index (χ1) is 11.5. The Bertz CT molecular complexity index is 815. The number of hydrogen-bond acceptors (Lipinski definition) is 5. The third-order valence-electron chi connectivity index (χ3n) is 4.15. The van der Waals surface area contributed by atoms with E-state index in [0.29, 0.717) is 31.9 Å². The van der Waals surface area contributed by atoms with Crippen LogP contribution >= 0.6 is 0 Å². The van der Waals surface area contributed by atoms with Gasteiger partial charge in [0, 0.05) is 32.4 Å². The van der Waals surface area contributed by atoms with E-state index in [0.717, 1.165) is 11.4 Å². The normalized spacial score (nSPS) is 16.2. The third-order valence-corrected chi connectivity index (χ3v) is 6.09. The largest absolute Gasteiger partial charge is 0.495 e. The Morgan fingerprint density at radius 2 is 1.79 bits per heavy atom. The molecule has 0 spiro atoms. The molecule has 2 heterocycles. The first-order valence-electron chi connectivity index (χ1n) is 7.83. The minimum absolute atomic E-state index is 0.217. The summed E-state index contributed by atoms with van der Waals surface area (Å²) in [7, 11) is -2.08. The summed E-state index contributed by atoms with van der Waals surface area (Å²) in [5, 5.41) is 0. The van der Waals surface area contributed by atoms with Crippen LogP contribution in [0.25, 0.3) is 0 Å². The van der Waals surface area contributed by atoms with Crippen LogP contribution in [0.15, 0.2) is 47.5 Å². The van der Waals surface area contributed by atoms with Crippen LogP contribution in [0.5, 0.6) is 5.75 Å². The highest BCUT2D eigenvalue weighted by molar-refractivity contribution is 7.89. The van der Waals surface area contributed by atoms with E-state index in [-0.39, 0.29) is 4.90 Å². The van der Waals surface area contributed by atoms with Gasteiger partial charge in [0.15, 0.2) is 0 Å². The van der Waals surface area contributed by atoms with Gasteiger partial charge in [-0.3, -0.25) is 0 Å². The predicted molar refractivity (Wildman–Crippen MR) is 92.9 cm³/mol. The van der Waals surface area contributed by atoms with Crippen molar-refractivity contribution < 1.29 is 13.2 Å². The standard InChI is InChI=1S/C17H21N3O3S/c1-14-7-8-18-17(13-14)19-9-11-20(12-10-19)24(21,22)16-6-4-3-5-15(16)23-2/h3-8,13H,9-12H2,1-2H3. The van der Waals surface area contributed by atoms with Crippen molar-refractivity contribution in [2.75, 3.05) is 38.2 Å². The lowest BCUT2D eigenvalue weighted by atomic mass is 10.2. The van der Waals surface area contributed by atoms with Crippen molar-refractivity contribution in [3.8, 4) is 5.75 Å². The molecule has 0 bridgehead atoms. The summed E-state index contributed by atoms with van der Waals surface area (Å²) < 4.78 is 32.5. The lowest BCUT2D eigenvalue weighted by Crippen LogP contribution is -2.49. The molecule has 1 saturated heterocycles. The molecule has 24 heavy (non-hydrogen) atoms. The molecule has 128 valence electrons. The number of methoxy groups -OCH3 is 1. The fourth-order valence-electron chi connectivity index (χ4n) is 2.82. The lowest BCUT2D eigenvalue weighted by Gasteiger charge is -2.34. The second-order valence-corrected chi connectivity index (χ2v) is 7.64. The Morgan fingerprint density at radius 3 is 2.46 bits per heavy atom. The highest BCUT2D eigenvalue weighted by Gasteiger charge is 2.30. The maximum absolute atomic E-state index is 12.9. The van der Waals surface area contributed by atoms with Crippen LogP contribution in [0.3, 0.4) is 0 Å². The van der Waals surface area contributed by atoms with Crippen LogP contribution in [-0.2, 0) is 10.0 Å². The zero-order valence-corrected chi connectivity index (χ0v) is 14.7. The van der Waals surface area contributed by atoms with Crippen molar-refractivity contribution in [2.24, 2.45) is 0 Å². The molecule has 7 heteroatoms. The molecule has 0 unspecified atom stereocenters. The first kappa shape index (κ1) is 16.7. The van der Waals surface area contributed by atoms with E-state index in [9.17, 15) is 8.42 Å². The third kappa shape index (κ3) is 3.22. The quantitative estimate of drug-likeness (QED) is 0.845. The average molecular weight is 347 g/mol. The molecule has 0 atom stereocenters. The van der Waals surface area contributed by atoms with Crippen LogP contribution in [0.4, 0.5) is 5.82 Å². The molecule has 0 amide bonds. The molecule has 2 aromatic rings. The van der Waals surface area contributed by atoms with Crippen LogP contribution in [0.2, 0.25) is 0 Å². The number of sulfonamides is 1. The average Bonchev–Trinajstić information content (AvgIpc) is 2.62. The topological polar surface area (TPSA) is 62.7 Å². The fourth-order valence-corrected chi connectivity index (χ4v) is 4.40. The molecule has 0 N–H and O–H groups in total. The van der Waals surface area contributed by atoms with Crippen molar-refractivity contribution in [1.29, 1.82) is 0 Å². The number of pyridine rings is 1. The van der Waals surface area contributed by atoms with E-state index in [2.05, 4.69) is 9.88 Å². The number of nitrogens with zero attached hydrogens (tertiary/aromatic N) is 3. The number of anilines is 1. The van der Waals surface area contributed by atoms with Crippen LogP contribution in [-0.4, -0.2) is 51.0 Å². The van der Waals surface area contributed by atoms with Gasteiger partial charge < -0.3 is 9.64 Å². The van der Waals surface area contributed by atoms with Gasteiger partial charge in [-0.25, -0.2) is 13.4 Å². The van der Waals surface area contributed by atoms with E-state index in [4.69, 9.17) is 4.74 Å².